The summed E-state index contributed by atoms with van der Waals surface area (Å²) in [7, 11) is 0. The monoisotopic (exact) mass is 356 g/mol. The SMILES string of the molecule is CCC(=O)N1CC=C(Cc2ccc(-c3cncc4ccccc34)cc2)CC1. The zero-order chi connectivity index (χ0) is 18.6. The van der Waals surface area contributed by atoms with Crippen LogP contribution in [0.1, 0.15) is 25.3 Å². The number of benzene rings is 2. The molecule has 0 saturated heterocycles. The number of hydrogen-bond acceptors (Lipinski definition) is 2. The quantitative estimate of drug-likeness (QED) is 0.616. The Hall–Kier alpha value is -2.94. The Morgan fingerprint density at radius 2 is 1.89 bits per heavy atom. The number of carbonyl (C=O) groups is 1. The zero-order valence-corrected chi connectivity index (χ0v) is 15.7. The van der Waals surface area contributed by atoms with Gasteiger partial charge in [0.1, 0.15) is 0 Å². The van der Waals surface area contributed by atoms with Crippen molar-refractivity contribution in [3.63, 3.8) is 0 Å². The minimum Gasteiger partial charge on any atom is -0.339 e. The number of aromatic nitrogens is 1. The first-order valence-corrected chi connectivity index (χ1v) is 9.62. The minimum atomic E-state index is 0.248. The first-order chi connectivity index (χ1) is 13.2. The lowest BCUT2D eigenvalue weighted by atomic mass is 9.96. The van der Waals surface area contributed by atoms with Gasteiger partial charge in [0.15, 0.2) is 0 Å². The van der Waals surface area contributed by atoms with Crippen molar-refractivity contribution in [2.75, 3.05) is 13.1 Å². The van der Waals surface area contributed by atoms with Crippen LogP contribution in [0.3, 0.4) is 0 Å². The maximum atomic E-state index is 11.8. The molecule has 1 aliphatic heterocycles. The first kappa shape index (κ1) is 17.5. The second kappa shape index (κ2) is 7.75. The van der Waals surface area contributed by atoms with Crippen molar-refractivity contribution in [1.29, 1.82) is 0 Å². The fraction of sp³-hybridized carbons (Fsp3) is 0.250. The Morgan fingerprint density at radius 3 is 2.63 bits per heavy atom. The minimum absolute atomic E-state index is 0.248. The molecule has 3 heteroatoms. The van der Waals surface area contributed by atoms with Crippen LogP contribution < -0.4 is 0 Å². The Bertz CT molecular complexity index is 983. The third-order valence-corrected chi connectivity index (χ3v) is 5.32. The molecular weight excluding hydrogens is 332 g/mol. The highest BCUT2D eigenvalue weighted by molar-refractivity contribution is 5.95. The predicted molar refractivity (Wildman–Crippen MR) is 110 cm³/mol. The van der Waals surface area contributed by atoms with E-state index in [4.69, 9.17) is 0 Å². The van der Waals surface area contributed by atoms with Gasteiger partial charge in [-0.15, -0.1) is 0 Å². The molecule has 3 aromatic rings. The summed E-state index contributed by atoms with van der Waals surface area (Å²) in [6.07, 6.45) is 8.60. The smallest absolute Gasteiger partial charge is 0.222 e. The van der Waals surface area contributed by atoms with Gasteiger partial charge in [-0.25, -0.2) is 0 Å². The number of hydrogen-bond donors (Lipinski definition) is 0. The molecule has 0 unspecified atom stereocenters. The molecule has 0 atom stereocenters. The Kier molecular flexibility index (Phi) is 5.01. The van der Waals surface area contributed by atoms with E-state index in [1.807, 2.05) is 30.3 Å². The van der Waals surface area contributed by atoms with Crippen molar-refractivity contribution in [1.82, 2.24) is 9.88 Å². The third kappa shape index (κ3) is 3.77. The average molecular weight is 356 g/mol. The molecule has 0 spiro atoms. The van der Waals surface area contributed by atoms with Gasteiger partial charge < -0.3 is 4.90 Å². The van der Waals surface area contributed by atoms with Crippen LogP contribution in [0.4, 0.5) is 0 Å². The second-order valence-corrected chi connectivity index (χ2v) is 7.09. The summed E-state index contributed by atoms with van der Waals surface area (Å²) in [5.41, 5.74) is 5.11. The second-order valence-electron chi connectivity index (χ2n) is 7.09. The fourth-order valence-electron chi connectivity index (χ4n) is 3.73. The van der Waals surface area contributed by atoms with Crippen molar-refractivity contribution in [3.05, 3.63) is 78.1 Å². The molecular formula is C24H24N2O. The van der Waals surface area contributed by atoms with Gasteiger partial charge in [-0.2, -0.15) is 0 Å². The first-order valence-electron chi connectivity index (χ1n) is 9.62. The van der Waals surface area contributed by atoms with Gasteiger partial charge in [-0.1, -0.05) is 67.1 Å². The molecule has 2 heterocycles. The zero-order valence-electron chi connectivity index (χ0n) is 15.7. The van der Waals surface area contributed by atoms with E-state index in [2.05, 4.69) is 53.5 Å². The third-order valence-electron chi connectivity index (χ3n) is 5.32. The maximum absolute atomic E-state index is 11.8. The van der Waals surface area contributed by atoms with E-state index in [1.165, 1.54) is 27.6 Å². The standard InChI is InChI=1S/C24H24N2O/c1-2-24(27)26-13-11-19(12-14-26)15-18-7-9-20(10-8-18)23-17-25-16-21-5-3-4-6-22(21)23/h3-11,16-17H,2,12-15H2,1H3. The molecule has 0 radical (unpaired) electrons. The van der Waals surface area contributed by atoms with E-state index in [9.17, 15) is 4.79 Å². The lowest BCUT2D eigenvalue weighted by molar-refractivity contribution is -0.130. The van der Waals surface area contributed by atoms with Gasteiger partial charge in [0, 0.05) is 42.9 Å². The number of pyridine rings is 1. The maximum Gasteiger partial charge on any atom is 0.222 e. The van der Waals surface area contributed by atoms with Gasteiger partial charge in [0.05, 0.1) is 0 Å². The average Bonchev–Trinajstić information content (AvgIpc) is 2.74. The van der Waals surface area contributed by atoms with E-state index >= 15 is 0 Å². The molecule has 27 heavy (non-hydrogen) atoms. The van der Waals surface area contributed by atoms with Gasteiger partial charge in [0.2, 0.25) is 5.91 Å². The van der Waals surface area contributed by atoms with Crippen molar-refractivity contribution in [3.8, 4) is 11.1 Å². The highest BCUT2D eigenvalue weighted by Gasteiger charge is 2.15. The van der Waals surface area contributed by atoms with Gasteiger partial charge in [-0.3, -0.25) is 9.78 Å². The summed E-state index contributed by atoms with van der Waals surface area (Å²) >= 11 is 0. The van der Waals surface area contributed by atoms with E-state index in [0.29, 0.717) is 6.42 Å². The van der Waals surface area contributed by atoms with E-state index in [-0.39, 0.29) is 5.91 Å². The molecule has 1 amide bonds. The number of nitrogens with zero attached hydrogens (tertiary/aromatic N) is 2. The highest BCUT2D eigenvalue weighted by atomic mass is 16.2. The van der Waals surface area contributed by atoms with Crippen molar-refractivity contribution < 1.29 is 4.79 Å². The van der Waals surface area contributed by atoms with E-state index < -0.39 is 0 Å². The van der Waals surface area contributed by atoms with Crippen LogP contribution in [0.25, 0.3) is 21.9 Å². The van der Waals surface area contributed by atoms with E-state index in [0.717, 1.165) is 31.3 Å². The van der Waals surface area contributed by atoms with Crippen LogP contribution in [0.15, 0.2) is 72.6 Å². The molecule has 4 rings (SSSR count). The molecule has 1 aliphatic rings. The summed E-state index contributed by atoms with van der Waals surface area (Å²) in [6.45, 7) is 3.52. The van der Waals surface area contributed by atoms with Crippen LogP contribution in [0.5, 0.6) is 0 Å². The molecule has 1 aromatic heterocycles. The topological polar surface area (TPSA) is 33.2 Å². The summed E-state index contributed by atoms with van der Waals surface area (Å²) in [5, 5.41) is 2.40. The Labute approximate surface area is 160 Å². The largest absolute Gasteiger partial charge is 0.339 e. The summed E-state index contributed by atoms with van der Waals surface area (Å²) in [5.74, 6) is 0.248. The number of amides is 1. The lowest BCUT2D eigenvalue weighted by Crippen LogP contribution is -2.34. The molecule has 3 nitrogen and oxygen atoms in total. The van der Waals surface area contributed by atoms with Crippen LogP contribution in [-0.2, 0) is 11.2 Å². The molecule has 0 N–H and O–H groups in total. The van der Waals surface area contributed by atoms with Crippen molar-refractivity contribution >= 4 is 16.7 Å². The molecule has 0 aliphatic carbocycles. The predicted octanol–water partition coefficient (Wildman–Crippen LogP) is 5.01. The molecule has 0 bridgehead atoms. The van der Waals surface area contributed by atoms with Gasteiger partial charge >= 0.3 is 0 Å². The molecule has 0 saturated carbocycles. The van der Waals surface area contributed by atoms with Crippen LogP contribution >= 0.6 is 0 Å². The Morgan fingerprint density at radius 1 is 1.07 bits per heavy atom. The molecule has 136 valence electrons. The highest BCUT2D eigenvalue weighted by Crippen LogP contribution is 2.28. The van der Waals surface area contributed by atoms with Crippen molar-refractivity contribution in [2.24, 2.45) is 0 Å². The normalized spacial score (nSPS) is 14.3. The summed E-state index contributed by atoms with van der Waals surface area (Å²) in [6, 6.07) is 17.2. The lowest BCUT2D eigenvalue weighted by Gasteiger charge is -2.26. The Balaban J connectivity index is 1.50. The fourth-order valence-corrected chi connectivity index (χ4v) is 3.73. The van der Waals surface area contributed by atoms with Gasteiger partial charge in [0.25, 0.3) is 0 Å². The molecule has 0 fully saturated rings. The molecule has 2 aromatic carbocycles. The van der Waals surface area contributed by atoms with Gasteiger partial charge in [-0.05, 0) is 29.4 Å². The number of carbonyl (C=O) groups excluding carboxylic acids is 1. The summed E-state index contributed by atoms with van der Waals surface area (Å²) in [4.78, 5) is 18.1. The number of rotatable bonds is 4. The van der Waals surface area contributed by atoms with Crippen LogP contribution in [-0.4, -0.2) is 28.9 Å². The van der Waals surface area contributed by atoms with Crippen LogP contribution in [0, 0.1) is 0 Å². The van der Waals surface area contributed by atoms with Crippen molar-refractivity contribution in [2.45, 2.75) is 26.2 Å². The number of fused-ring (bicyclic) bond motifs is 1. The summed E-state index contributed by atoms with van der Waals surface area (Å²) < 4.78 is 0. The van der Waals surface area contributed by atoms with Crippen LogP contribution in [0.2, 0.25) is 0 Å². The van der Waals surface area contributed by atoms with E-state index in [1.54, 1.807) is 0 Å².